The van der Waals surface area contributed by atoms with Crippen LogP contribution in [-0.4, -0.2) is 44.2 Å². The summed E-state index contributed by atoms with van der Waals surface area (Å²) in [6.07, 6.45) is 0. The van der Waals surface area contributed by atoms with Gasteiger partial charge in [-0.25, -0.2) is 8.42 Å². The molecule has 21 heavy (non-hydrogen) atoms. The molecular formula is C14H16N2O4S. The number of ether oxygens (including phenoxy) is 1. The van der Waals surface area contributed by atoms with Crippen LogP contribution in [0.3, 0.4) is 0 Å². The van der Waals surface area contributed by atoms with Crippen LogP contribution in [0.4, 0.5) is 0 Å². The largest absolute Gasteiger partial charge is 0.379 e. The second-order valence-electron chi connectivity index (χ2n) is 4.87. The summed E-state index contributed by atoms with van der Waals surface area (Å²) in [5.74, 6) is 0.628. The molecule has 1 aliphatic rings. The molecule has 1 saturated heterocycles. The summed E-state index contributed by atoms with van der Waals surface area (Å²) in [5, 5.41) is 3.82. The van der Waals surface area contributed by atoms with Gasteiger partial charge in [-0.15, -0.1) is 0 Å². The molecule has 0 radical (unpaired) electrons. The number of rotatable bonds is 3. The zero-order valence-corrected chi connectivity index (χ0v) is 12.5. The standard InChI is InChI=1S/C14H16N2O4S/c1-11-10-14(20-15-11)12-2-4-13(5-3-12)21(17,18)16-6-8-19-9-7-16/h2-5,10H,6-9H2,1H3. The maximum atomic E-state index is 12.5. The molecule has 0 bridgehead atoms. The van der Waals surface area contributed by atoms with Gasteiger partial charge >= 0.3 is 0 Å². The fourth-order valence-corrected chi connectivity index (χ4v) is 3.63. The van der Waals surface area contributed by atoms with Crippen molar-refractivity contribution in [2.45, 2.75) is 11.8 Å². The summed E-state index contributed by atoms with van der Waals surface area (Å²) in [7, 11) is -3.45. The van der Waals surface area contributed by atoms with Crippen molar-refractivity contribution in [3.8, 4) is 11.3 Å². The minimum Gasteiger partial charge on any atom is -0.379 e. The van der Waals surface area contributed by atoms with Crippen molar-refractivity contribution < 1.29 is 17.7 Å². The number of hydrogen-bond donors (Lipinski definition) is 0. The molecule has 0 amide bonds. The lowest BCUT2D eigenvalue weighted by Crippen LogP contribution is -2.40. The minimum absolute atomic E-state index is 0.282. The predicted molar refractivity (Wildman–Crippen MR) is 76.3 cm³/mol. The quantitative estimate of drug-likeness (QED) is 0.862. The second-order valence-corrected chi connectivity index (χ2v) is 6.81. The summed E-state index contributed by atoms with van der Waals surface area (Å²) in [6.45, 7) is 3.50. The van der Waals surface area contributed by atoms with E-state index in [0.29, 0.717) is 32.1 Å². The van der Waals surface area contributed by atoms with E-state index in [4.69, 9.17) is 9.26 Å². The monoisotopic (exact) mass is 308 g/mol. The first-order valence-corrected chi connectivity index (χ1v) is 8.13. The Morgan fingerprint density at radius 1 is 1.14 bits per heavy atom. The first-order chi connectivity index (χ1) is 10.1. The van der Waals surface area contributed by atoms with E-state index in [0.717, 1.165) is 11.3 Å². The molecule has 7 heteroatoms. The highest BCUT2D eigenvalue weighted by Gasteiger charge is 2.26. The summed E-state index contributed by atoms with van der Waals surface area (Å²) in [6, 6.07) is 8.46. The van der Waals surface area contributed by atoms with Crippen LogP contribution in [0.15, 0.2) is 39.8 Å². The molecule has 1 aromatic carbocycles. The van der Waals surface area contributed by atoms with E-state index in [-0.39, 0.29) is 4.90 Å². The van der Waals surface area contributed by atoms with Crippen LogP contribution in [0.5, 0.6) is 0 Å². The zero-order chi connectivity index (χ0) is 14.9. The number of morpholine rings is 1. The number of aryl methyl sites for hydroxylation is 1. The summed E-state index contributed by atoms with van der Waals surface area (Å²) < 4.78 is 36.7. The number of benzene rings is 1. The van der Waals surface area contributed by atoms with Gasteiger partial charge in [0.1, 0.15) is 0 Å². The molecule has 0 N–H and O–H groups in total. The highest BCUT2D eigenvalue weighted by molar-refractivity contribution is 7.89. The van der Waals surface area contributed by atoms with Crippen molar-refractivity contribution in [2.24, 2.45) is 0 Å². The van der Waals surface area contributed by atoms with Crippen LogP contribution in [-0.2, 0) is 14.8 Å². The lowest BCUT2D eigenvalue weighted by Gasteiger charge is -2.26. The molecular weight excluding hydrogens is 292 g/mol. The molecule has 0 aliphatic carbocycles. The maximum Gasteiger partial charge on any atom is 0.243 e. The molecule has 1 fully saturated rings. The number of hydrogen-bond acceptors (Lipinski definition) is 5. The Morgan fingerprint density at radius 3 is 2.38 bits per heavy atom. The SMILES string of the molecule is Cc1cc(-c2ccc(S(=O)(=O)N3CCOCC3)cc2)on1. The number of sulfonamides is 1. The van der Waals surface area contributed by atoms with Crippen LogP contribution in [0.2, 0.25) is 0 Å². The van der Waals surface area contributed by atoms with Crippen molar-refractivity contribution >= 4 is 10.0 Å². The van der Waals surface area contributed by atoms with E-state index < -0.39 is 10.0 Å². The van der Waals surface area contributed by atoms with Crippen molar-refractivity contribution in [3.63, 3.8) is 0 Å². The third-order valence-electron chi connectivity index (χ3n) is 3.37. The summed E-state index contributed by atoms with van der Waals surface area (Å²) in [5.41, 5.74) is 1.59. The molecule has 112 valence electrons. The average Bonchev–Trinajstić information content (AvgIpc) is 2.95. The van der Waals surface area contributed by atoms with Crippen molar-refractivity contribution in [1.29, 1.82) is 0 Å². The van der Waals surface area contributed by atoms with E-state index in [1.807, 2.05) is 13.0 Å². The Hall–Kier alpha value is -1.70. The van der Waals surface area contributed by atoms with Gasteiger partial charge in [-0.2, -0.15) is 4.31 Å². The minimum atomic E-state index is -3.45. The topological polar surface area (TPSA) is 72.6 Å². The molecule has 6 nitrogen and oxygen atoms in total. The zero-order valence-electron chi connectivity index (χ0n) is 11.7. The molecule has 0 atom stereocenters. The van der Waals surface area contributed by atoms with Gasteiger partial charge in [0.05, 0.1) is 23.8 Å². The first kappa shape index (κ1) is 14.2. The molecule has 3 rings (SSSR count). The Bertz CT molecular complexity index is 716. The molecule has 0 unspecified atom stereocenters. The van der Waals surface area contributed by atoms with E-state index in [1.165, 1.54) is 4.31 Å². The first-order valence-electron chi connectivity index (χ1n) is 6.69. The molecule has 0 spiro atoms. The highest BCUT2D eigenvalue weighted by atomic mass is 32.2. The van der Waals surface area contributed by atoms with E-state index in [1.54, 1.807) is 24.3 Å². The smallest absolute Gasteiger partial charge is 0.243 e. The summed E-state index contributed by atoms with van der Waals surface area (Å²) >= 11 is 0. The highest BCUT2D eigenvalue weighted by Crippen LogP contribution is 2.23. The second kappa shape index (κ2) is 5.59. The van der Waals surface area contributed by atoms with Gasteiger partial charge in [0.2, 0.25) is 10.0 Å². The molecule has 1 aromatic heterocycles. The van der Waals surface area contributed by atoms with Gasteiger partial charge in [-0.3, -0.25) is 0 Å². The predicted octanol–water partition coefficient (Wildman–Crippen LogP) is 1.67. The van der Waals surface area contributed by atoms with E-state index in [9.17, 15) is 8.42 Å². The molecule has 2 aromatic rings. The van der Waals surface area contributed by atoms with Crippen molar-refractivity contribution in [3.05, 3.63) is 36.0 Å². The lowest BCUT2D eigenvalue weighted by molar-refractivity contribution is 0.0730. The van der Waals surface area contributed by atoms with Gasteiger partial charge in [0, 0.05) is 24.7 Å². The van der Waals surface area contributed by atoms with E-state index >= 15 is 0 Å². The van der Waals surface area contributed by atoms with E-state index in [2.05, 4.69) is 5.16 Å². The number of nitrogens with zero attached hydrogens (tertiary/aromatic N) is 2. The fraction of sp³-hybridized carbons (Fsp3) is 0.357. The third kappa shape index (κ3) is 2.85. The lowest BCUT2D eigenvalue weighted by atomic mass is 10.2. The van der Waals surface area contributed by atoms with Gasteiger partial charge in [0.25, 0.3) is 0 Å². The average molecular weight is 308 g/mol. The molecule has 1 aliphatic heterocycles. The van der Waals surface area contributed by atoms with Crippen molar-refractivity contribution in [1.82, 2.24) is 9.46 Å². The fourth-order valence-electron chi connectivity index (χ4n) is 2.23. The van der Waals surface area contributed by atoms with Gasteiger partial charge < -0.3 is 9.26 Å². The van der Waals surface area contributed by atoms with Crippen LogP contribution >= 0.6 is 0 Å². The third-order valence-corrected chi connectivity index (χ3v) is 5.29. The van der Waals surface area contributed by atoms with Gasteiger partial charge in [-0.1, -0.05) is 5.16 Å². The maximum absolute atomic E-state index is 12.5. The molecule has 0 saturated carbocycles. The number of aromatic nitrogens is 1. The van der Waals surface area contributed by atoms with Gasteiger partial charge in [0.15, 0.2) is 5.76 Å². The Morgan fingerprint density at radius 2 is 1.81 bits per heavy atom. The van der Waals surface area contributed by atoms with Crippen LogP contribution in [0.1, 0.15) is 5.69 Å². The molecule has 2 heterocycles. The summed E-state index contributed by atoms with van der Waals surface area (Å²) in [4.78, 5) is 0.282. The Kier molecular flexibility index (Phi) is 3.79. The van der Waals surface area contributed by atoms with Crippen molar-refractivity contribution in [2.75, 3.05) is 26.3 Å². The van der Waals surface area contributed by atoms with Crippen LogP contribution in [0.25, 0.3) is 11.3 Å². The van der Waals surface area contributed by atoms with Gasteiger partial charge in [-0.05, 0) is 31.2 Å². The normalized spacial score (nSPS) is 17.0. The Labute approximate surface area is 123 Å². The van der Waals surface area contributed by atoms with Crippen LogP contribution < -0.4 is 0 Å². The Balaban J connectivity index is 1.86. The van der Waals surface area contributed by atoms with Crippen LogP contribution in [0, 0.1) is 6.92 Å².